The van der Waals surface area contributed by atoms with E-state index < -0.39 is 0 Å². The molecule has 0 fully saturated rings. The smallest absolute Gasteiger partial charge is 0.191 e. The first kappa shape index (κ1) is 18.5. The standard InChI is InChI=1S/C21H18FN3OS/c22-18-11-9-16(10-12-18)15-26-20-8-4-5-17(13-20)14-23-25-21(27)24-19-6-2-1-3-7-19/h1-14H,15H2,(H2,24,25,27)/b23-14+. The van der Waals surface area contributed by atoms with Crippen molar-refractivity contribution in [2.75, 3.05) is 5.32 Å². The number of ether oxygens (including phenoxy) is 1. The third-order valence-corrected chi connectivity index (χ3v) is 3.78. The minimum absolute atomic E-state index is 0.260. The Balaban J connectivity index is 1.51. The van der Waals surface area contributed by atoms with Gasteiger partial charge in [-0.2, -0.15) is 5.10 Å². The molecule has 0 saturated heterocycles. The van der Waals surface area contributed by atoms with E-state index in [1.165, 1.54) is 12.1 Å². The maximum Gasteiger partial charge on any atom is 0.191 e. The zero-order valence-electron chi connectivity index (χ0n) is 14.4. The lowest BCUT2D eigenvalue weighted by Gasteiger charge is -2.07. The van der Waals surface area contributed by atoms with E-state index in [4.69, 9.17) is 17.0 Å². The number of benzene rings is 3. The SMILES string of the molecule is Fc1ccc(COc2cccc(/C=N/NC(=S)Nc3ccccc3)c2)cc1. The van der Waals surface area contributed by atoms with E-state index in [-0.39, 0.29) is 5.82 Å². The van der Waals surface area contributed by atoms with Crippen LogP contribution in [0.25, 0.3) is 0 Å². The molecule has 0 spiro atoms. The molecule has 0 aromatic heterocycles. The number of hydrogen-bond acceptors (Lipinski definition) is 3. The van der Waals surface area contributed by atoms with Gasteiger partial charge < -0.3 is 10.1 Å². The molecule has 0 aliphatic carbocycles. The molecule has 3 aromatic rings. The Labute approximate surface area is 162 Å². The molecule has 2 N–H and O–H groups in total. The number of hydrazone groups is 1. The number of nitrogens with zero attached hydrogens (tertiary/aromatic N) is 1. The van der Waals surface area contributed by atoms with Crippen molar-refractivity contribution in [3.63, 3.8) is 0 Å². The lowest BCUT2D eigenvalue weighted by molar-refractivity contribution is 0.306. The van der Waals surface area contributed by atoms with Gasteiger partial charge in [-0.15, -0.1) is 0 Å². The molecule has 0 saturated carbocycles. The number of para-hydroxylation sites is 1. The molecule has 3 rings (SSSR count). The van der Waals surface area contributed by atoms with Gasteiger partial charge >= 0.3 is 0 Å². The minimum Gasteiger partial charge on any atom is -0.489 e. The number of hydrogen-bond donors (Lipinski definition) is 2. The highest BCUT2D eigenvalue weighted by atomic mass is 32.1. The van der Waals surface area contributed by atoms with Crippen molar-refractivity contribution >= 4 is 29.2 Å². The summed E-state index contributed by atoms with van der Waals surface area (Å²) >= 11 is 5.19. The first-order valence-corrected chi connectivity index (χ1v) is 8.72. The van der Waals surface area contributed by atoms with E-state index in [2.05, 4.69) is 15.8 Å². The van der Waals surface area contributed by atoms with Crippen LogP contribution in [0.2, 0.25) is 0 Å². The van der Waals surface area contributed by atoms with Gasteiger partial charge in [-0.1, -0.05) is 42.5 Å². The van der Waals surface area contributed by atoms with Crippen LogP contribution >= 0.6 is 12.2 Å². The molecule has 0 unspecified atom stereocenters. The van der Waals surface area contributed by atoms with Crippen LogP contribution in [0.4, 0.5) is 10.1 Å². The van der Waals surface area contributed by atoms with Crippen LogP contribution in [0.15, 0.2) is 84.0 Å². The number of halogens is 1. The van der Waals surface area contributed by atoms with Gasteiger partial charge in [-0.05, 0) is 59.7 Å². The van der Waals surface area contributed by atoms with E-state index in [1.807, 2.05) is 54.6 Å². The van der Waals surface area contributed by atoms with Crippen molar-refractivity contribution in [2.45, 2.75) is 6.61 Å². The molecule has 136 valence electrons. The van der Waals surface area contributed by atoms with Gasteiger partial charge in [0.05, 0.1) is 6.21 Å². The van der Waals surface area contributed by atoms with E-state index in [1.54, 1.807) is 18.3 Å². The molecule has 0 aliphatic heterocycles. The number of anilines is 1. The molecular formula is C21H18FN3OS. The Kier molecular flexibility index (Phi) is 6.49. The van der Waals surface area contributed by atoms with Gasteiger partial charge in [-0.3, -0.25) is 5.43 Å². The molecular weight excluding hydrogens is 361 g/mol. The van der Waals surface area contributed by atoms with Crippen molar-refractivity contribution in [3.05, 3.63) is 95.8 Å². The Morgan fingerprint density at radius 2 is 1.78 bits per heavy atom. The average molecular weight is 379 g/mol. The first-order chi connectivity index (χ1) is 13.2. The van der Waals surface area contributed by atoms with Crippen LogP contribution < -0.4 is 15.5 Å². The number of rotatable bonds is 6. The van der Waals surface area contributed by atoms with Gasteiger partial charge in [-0.25, -0.2) is 4.39 Å². The molecule has 0 aliphatic rings. The van der Waals surface area contributed by atoms with Crippen LogP contribution in [-0.2, 0) is 6.61 Å². The lowest BCUT2D eigenvalue weighted by atomic mass is 10.2. The molecule has 0 amide bonds. The van der Waals surface area contributed by atoms with Crippen LogP contribution in [0.1, 0.15) is 11.1 Å². The van der Waals surface area contributed by atoms with Crippen LogP contribution in [0.3, 0.4) is 0 Å². The second-order valence-corrected chi connectivity index (χ2v) is 6.09. The zero-order valence-corrected chi connectivity index (χ0v) is 15.2. The third kappa shape index (κ3) is 6.20. The lowest BCUT2D eigenvalue weighted by Crippen LogP contribution is -2.23. The van der Waals surface area contributed by atoms with E-state index in [0.29, 0.717) is 17.5 Å². The topological polar surface area (TPSA) is 45.6 Å². The van der Waals surface area contributed by atoms with Gasteiger partial charge in [0.25, 0.3) is 0 Å². The predicted octanol–water partition coefficient (Wildman–Crippen LogP) is 4.73. The molecule has 6 heteroatoms. The monoisotopic (exact) mass is 379 g/mol. The van der Waals surface area contributed by atoms with Crippen LogP contribution in [0.5, 0.6) is 5.75 Å². The second-order valence-electron chi connectivity index (χ2n) is 5.68. The van der Waals surface area contributed by atoms with Gasteiger partial charge in [0.2, 0.25) is 0 Å². The van der Waals surface area contributed by atoms with Crippen LogP contribution in [-0.4, -0.2) is 11.3 Å². The van der Waals surface area contributed by atoms with Crippen molar-refractivity contribution < 1.29 is 9.13 Å². The summed E-state index contributed by atoms with van der Waals surface area (Å²) in [5.41, 5.74) is 5.43. The fourth-order valence-electron chi connectivity index (χ4n) is 2.28. The second kappa shape index (κ2) is 9.45. The summed E-state index contributed by atoms with van der Waals surface area (Å²) in [4.78, 5) is 0. The highest BCUT2D eigenvalue weighted by molar-refractivity contribution is 7.80. The minimum atomic E-state index is -0.260. The fourth-order valence-corrected chi connectivity index (χ4v) is 2.45. The highest BCUT2D eigenvalue weighted by Crippen LogP contribution is 2.14. The van der Waals surface area contributed by atoms with E-state index in [9.17, 15) is 4.39 Å². The van der Waals surface area contributed by atoms with Gasteiger partial charge in [0.15, 0.2) is 5.11 Å². The van der Waals surface area contributed by atoms with Crippen molar-refractivity contribution in [3.8, 4) is 5.75 Å². The maximum atomic E-state index is 12.9. The van der Waals surface area contributed by atoms with Crippen LogP contribution in [0, 0.1) is 5.82 Å². The maximum absolute atomic E-state index is 12.9. The molecule has 0 heterocycles. The molecule has 3 aromatic carbocycles. The van der Waals surface area contributed by atoms with E-state index in [0.717, 1.165) is 16.8 Å². The molecule has 27 heavy (non-hydrogen) atoms. The van der Waals surface area contributed by atoms with Crippen molar-refractivity contribution in [1.82, 2.24) is 5.43 Å². The quantitative estimate of drug-likeness (QED) is 0.369. The highest BCUT2D eigenvalue weighted by Gasteiger charge is 1.99. The fraction of sp³-hybridized carbons (Fsp3) is 0.0476. The summed E-state index contributed by atoms with van der Waals surface area (Å²) in [7, 11) is 0. The normalized spacial score (nSPS) is 10.6. The van der Waals surface area contributed by atoms with Crippen molar-refractivity contribution in [1.29, 1.82) is 0 Å². The number of thiocarbonyl (C=S) groups is 1. The Morgan fingerprint density at radius 3 is 2.56 bits per heavy atom. The zero-order chi connectivity index (χ0) is 18.9. The summed E-state index contributed by atoms with van der Waals surface area (Å²) in [6, 6.07) is 23.3. The Morgan fingerprint density at radius 1 is 1.00 bits per heavy atom. The van der Waals surface area contributed by atoms with Crippen molar-refractivity contribution in [2.24, 2.45) is 5.10 Å². The van der Waals surface area contributed by atoms with Gasteiger partial charge in [0, 0.05) is 5.69 Å². The molecule has 0 atom stereocenters. The summed E-state index contributed by atoms with van der Waals surface area (Å²) in [5.74, 6) is 0.442. The average Bonchev–Trinajstić information content (AvgIpc) is 2.69. The first-order valence-electron chi connectivity index (χ1n) is 8.31. The molecule has 4 nitrogen and oxygen atoms in total. The number of nitrogens with one attached hydrogen (secondary N) is 2. The summed E-state index contributed by atoms with van der Waals surface area (Å²) < 4.78 is 18.7. The predicted molar refractivity (Wildman–Crippen MR) is 111 cm³/mol. The third-order valence-electron chi connectivity index (χ3n) is 3.59. The van der Waals surface area contributed by atoms with Gasteiger partial charge in [0.1, 0.15) is 18.2 Å². The Bertz CT molecular complexity index is 914. The Hall–Kier alpha value is -3.25. The van der Waals surface area contributed by atoms with E-state index >= 15 is 0 Å². The molecule has 0 bridgehead atoms. The largest absolute Gasteiger partial charge is 0.489 e. The summed E-state index contributed by atoms with van der Waals surface area (Å²) in [6.45, 7) is 0.365. The molecule has 0 radical (unpaired) electrons. The summed E-state index contributed by atoms with van der Waals surface area (Å²) in [5, 5.41) is 7.57. The summed E-state index contributed by atoms with van der Waals surface area (Å²) in [6.07, 6.45) is 1.66.